The molecule has 156 valence electrons. The maximum Gasteiger partial charge on any atom is 0.471 e. The van der Waals surface area contributed by atoms with E-state index in [1.165, 1.54) is 6.07 Å². The summed E-state index contributed by atoms with van der Waals surface area (Å²) in [6.45, 7) is 2.56. The maximum atomic E-state index is 12.6. The number of carbonyl (C=O) groups is 1. The van der Waals surface area contributed by atoms with Gasteiger partial charge in [0, 0.05) is 24.5 Å². The van der Waals surface area contributed by atoms with Gasteiger partial charge in [0.15, 0.2) is 5.82 Å². The Balaban J connectivity index is 1.72. The van der Waals surface area contributed by atoms with Gasteiger partial charge in [-0.3, -0.25) is 4.79 Å². The lowest BCUT2D eigenvalue weighted by Crippen LogP contribution is -2.44. The fraction of sp³-hybridized carbons (Fsp3) is 0.286. The lowest BCUT2D eigenvalue weighted by molar-refractivity contribution is -0.174. The number of phenols is 1. The van der Waals surface area contributed by atoms with Crippen molar-refractivity contribution >= 4 is 22.6 Å². The van der Waals surface area contributed by atoms with Crippen molar-refractivity contribution in [1.29, 1.82) is 0 Å². The Bertz CT molecular complexity index is 1120. The molecular weight excluding hydrogens is 397 g/mol. The third kappa shape index (κ3) is 3.87. The van der Waals surface area contributed by atoms with Gasteiger partial charge in [-0.1, -0.05) is 18.2 Å². The number of nitrogens with one attached hydrogen (secondary N) is 1. The first-order chi connectivity index (χ1) is 14.2. The van der Waals surface area contributed by atoms with Gasteiger partial charge >= 0.3 is 12.1 Å². The molecule has 1 amide bonds. The Morgan fingerprint density at radius 3 is 2.70 bits per heavy atom. The number of anilines is 1. The Morgan fingerprint density at radius 2 is 1.97 bits per heavy atom. The molecule has 4 rings (SSSR count). The number of halogens is 3. The summed E-state index contributed by atoms with van der Waals surface area (Å²) in [5.74, 6) is -1.02. The molecule has 2 aromatic carbocycles. The van der Waals surface area contributed by atoms with Gasteiger partial charge in [0.1, 0.15) is 11.6 Å². The number of alkyl halides is 3. The van der Waals surface area contributed by atoms with Gasteiger partial charge in [-0.15, -0.1) is 0 Å². The minimum Gasteiger partial charge on any atom is -0.507 e. The molecule has 0 spiro atoms. The number of phenolic OH excluding ortho intramolecular Hbond substituents is 1. The zero-order valence-corrected chi connectivity index (χ0v) is 16.1. The number of aromatic nitrogens is 2. The maximum absolute atomic E-state index is 12.6. The Hall–Kier alpha value is -3.36. The predicted molar refractivity (Wildman–Crippen MR) is 106 cm³/mol. The molecule has 1 atom stereocenters. The predicted octanol–water partition coefficient (Wildman–Crippen LogP) is 3.57. The van der Waals surface area contributed by atoms with Crippen LogP contribution in [0.5, 0.6) is 5.75 Å². The topological polar surface area (TPSA) is 78.4 Å². The molecule has 6 nitrogen and oxygen atoms in total. The molecule has 9 heteroatoms. The Labute approximate surface area is 170 Å². The number of hydrogen-bond donors (Lipinski definition) is 2. The minimum atomic E-state index is -4.91. The molecule has 0 saturated carbocycles. The summed E-state index contributed by atoms with van der Waals surface area (Å²) in [4.78, 5) is 22.3. The molecule has 30 heavy (non-hydrogen) atoms. The van der Waals surface area contributed by atoms with Crippen molar-refractivity contribution in [3.63, 3.8) is 0 Å². The third-order valence-corrected chi connectivity index (χ3v) is 5.06. The van der Waals surface area contributed by atoms with Crippen molar-refractivity contribution in [3.8, 4) is 17.1 Å². The van der Waals surface area contributed by atoms with E-state index in [0.717, 1.165) is 10.9 Å². The molecular formula is C21H19F3N4O2. The SMILES string of the molecule is Cc1ccc2c(N3CC[C@H](NC(=O)C(F)(F)F)C3)nc(-c3ccccc3O)nc2c1. The molecule has 1 aliphatic rings. The lowest BCUT2D eigenvalue weighted by atomic mass is 10.1. The number of aryl methyl sites for hydroxylation is 1. The van der Waals surface area contributed by atoms with Crippen molar-refractivity contribution in [3.05, 3.63) is 48.0 Å². The summed E-state index contributed by atoms with van der Waals surface area (Å²) in [6, 6.07) is 11.7. The van der Waals surface area contributed by atoms with E-state index in [2.05, 4.69) is 9.97 Å². The van der Waals surface area contributed by atoms with E-state index in [1.807, 2.05) is 35.3 Å². The van der Waals surface area contributed by atoms with Gasteiger partial charge in [0.05, 0.1) is 11.1 Å². The van der Waals surface area contributed by atoms with Crippen LogP contribution in [0, 0.1) is 6.92 Å². The molecule has 0 radical (unpaired) electrons. The largest absolute Gasteiger partial charge is 0.507 e. The Kier molecular flexibility index (Phi) is 4.97. The van der Waals surface area contributed by atoms with Crippen molar-refractivity contribution in [2.24, 2.45) is 0 Å². The second kappa shape index (κ2) is 7.47. The van der Waals surface area contributed by atoms with Gasteiger partial charge in [-0.05, 0) is 43.2 Å². The molecule has 1 saturated heterocycles. The fourth-order valence-electron chi connectivity index (χ4n) is 3.58. The number of para-hydroxylation sites is 1. The average molecular weight is 416 g/mol. The Morgan fingerprint density at radius 1 is 1.20 bits per heavy atom. The van der Waals surface area contributed by atoms with Crippen LogP contribution in [-0.2, 0) is 4.79 Å². The zero-order chi connectivity index (χ0) is 21.5. The highest BCUT2D eigenvalue weighted by Crippen LogP contribution is 2.33. The standard InChI is InChI=1S/C21H19F3N4O2/c1-12-6-7-14-16(10-12)26-18(15-4-2-3-5-17(15)29)27-19(14)28-9-8-13(11-28)25-20(30)21(22,23)24/h2-7,10,13,29H,8-9,11H2,1H3,(H,25,30)/t13-/m0/s1. The van der Waals surface area contributed by atoms with E-state index in [-0.39, 0.29) is 12.3 Å². The zero-order valence-electron chi connectivity index (χ0n) is 16.1. The van der Waals surface area contributed by atoms with Crippen molar-refractivity contribution in [2.45, 2.75) is 25.6 Å². The first-order valence-corrected chi connectivity index (χ1v) is 9.42. The number of aromatic hydroxyl groups is 1. The van der Waals surface area contributed by atoms with Crippen LogP contribution in [0.2, 0.25) is 0 Å². The number of benzene rings is 2. The lowest BCUT2D eigenvalue weighted by Gasteiger charge is -2.21. The van der Waals surface area contributed by atoms with Crippen LogP contribution in [-0.4, -0.2) is 46.3 Å². The summed E-state index contributed by atoms with van der Waals surface area (Å²) < 4.78 is 37.7. The summed E-state index contributed by atoms with van der Waals surface area (Å²) >= 11 is 0. The molecule has 2 N–H and O–H groups in total. The average Bonchev–Trinajstić information content (AvgIpc) is 3.15. The van der Waals surface area contributed by atoms with Crippen molar-refractivity contribution in [2.75, 3.05) is 18.0 Å². The summed E-state index contributed by atoms with van der Waals surface area (Å²) in [7, 11) is 0. The molecule has 0 unspecified atom stereocenters. The molecule has 1 fully saturated rings. The quantitative estimate of drug-likeness (QED) is 0.683. The second-order valence-electron chi connectivity index (χ2n) is 7.31. The summed E-state index contributed by atoms with van der Waals surface area (Å²) in [6.07, 6.45) is -4.55. The van der Waals surface area contributed by atoms with Gasteiger partial charge in [0.25, 0.3) is 0 Å². The van der Waals surface area contributed by atoms with E-state index >= 15 is 0 Å². The normalized spacial score (nSPS) is 16.8. The van der Waals surface area contributed by atoms with E-state index in [9.17, 15) is 23.1 Å². The van der Waals surface area contributed by atoms with Gasteiger partial charge in [-0.25, -0.2) is 9.97 Å². The number of amides is 1. The van der Waals surface area contributed by atoms with Crippen LogP contribution in [0.15, 0.2) is 42.5 Å². The van der Waals surface area contributed by atoms with Gasteiger partial charge < -0.3 is 15.3 Å². The number of hydrogen-bond acceptors (Lipinski definition) is 5. The van der Waals surface area contributed by atoms with Crippen LogP contribution < -0.4 is 10.2 Å². The highest BCUT2D eigenvalue weighted by molar-refractivity contribution is 5.92. The molecule has 1 aromatic heterocycles. The van der Waals surface area contributed by atoms with E-state index in [0.29, 0.717) is 35.7 Å². The number of nitrogens with zero attached hydrogens (tertiary/aromatic N) is 3. The highest BCUT2D eigenvalue weighted by Gasteiger charge is 2.40. The third-order valence-electron chi connectivity index (χ3n) is 5.06. The molecule has 1 aliphatic heterocycles. The summed E-state index contributed by atoms with van der Waals surface area (Å²) in [5, 5.41) is 13.0. The van der Waals surface area contributed by atoms with Crippen LogP contribution in [0.3, 0.4) is 0 Å². The van der Waals surface area contributed by atoms with Gasteiger partial charge in [0.2, 0.25) is 0 Å². The smallest absolute Gasteiger partial charge is 0.471 e. The molecule has 2 heterocycles. The number of rotatable bonds is 3. The number of fused-ring (bicyclic) bond motifs is 1. The van der Waals surface area contributed by atoms with Crippen LogP contribution in [0.1, 0.15) is 12.0 Å². The van der Waals surface area contributed by atoms with Crippen molar-refractivity contribution < 1.29 is 23.1 Å². The van der Waals surface area contributed by atoms with E-state index in [4.69, 9.17) is 0 Å². The monoisotopic (exact) mass is 416 g/mol. The first kappa shape index (κ1) is 19.9. The molecule has 0 bridgehead atoms. The van der Waals surface area contributed by atoms with Crippen LogP contribution >= 0.6 is 0 Å². The van der Waals surface area contributed by atoms with Gasteiger partial charge in [-0.2, -0.15) is 13.2 Å². The second-order valence-corrected chi connectivity index (χ2v) is 7.31. The fourth-order valence-corrected chi connectivity index (χ4v) is 3.58. The van der Waals surface area contributed by atoms with Crippen LogP contribution in [0.25, 0.3) is 22.3 Å². The molecule has 0 aliphatic carbocycles. The number of carbonyl (C=O) groups excluding carboxylic acids is 1. The summed E-state index contributed by atoms with van der Waals surface area (Å²) in [5.41, 5.74) is 2.12. The van der Waals surface area contributed by atoms with Crippen LogP contribution in [0.4, 0.5) is 19.0 Å². The van der Waals surface area contributed by atoms with E-state index in [1.54, 1.807) is 18.2 Å². The first-order valence-electron chi connectivity index (χ1n) is 9.42. The van der Waals surface area contributed by atoms with Crippen molar-refractivity contribution in [1.82, 2.24) is 15.3 Å². The highest BCUT2D eigenvalue weighted by atomic mass is 19.4. The van der Waals surface area contributed by atoms with E-state index < -0.39 is 18.1 Å². The molecule has 3 aromatic rings. The minimum absolute atomic E-state index is 0.0344.